The van der Waals surface area contributed by atoms with Crippen LogP contribution in [0.5, 0.6) is 0 Å². The van der Waals surface area contributed by atoms with Gasteiger partial charge in [0.25, 0.3) is 0 Å². The van der Waals surface area contributed by atoms with Gasteiger partial charge < -0.3 is 9.80 Å². The van der Waals surface area contributed by atoms with Crippen LogP contribution in [0.2, 0.25) is 0 Å². The molecule has 0 spiro atoms. The zero-order valence-corrected chi connectivity index (χ0v) is 17.2. The Bertz CT molecular complexity index is 941. The number of hydrogen-bond donors (Lipinski definition) is 0. The minimum Gasteiger partial charge on any atom is -0.356 e. The van der Waals surface area contributed by atoms with Gasteiger partial charge in [-0.25, -0.2) is 22.8 Å². The second-order valence-corrected chi connectivity index (χ2v) is 9.48. The number of sulfonamides is 1. The average molecular weight is 420 g/mol. The molecule has 0 bridgehead atoms. The second-order valence-electron chi connectivity index (χ2n) is 7.52. The average Bonchev–Trinajstić information content (AvgIpc) is 2.76. The van der Waals surface area contributed by atoms with Gasteiger partial charge in [0, 0.05) is 50.9 Å². The second kappa shape index (κ2) is 8.62. The van der Waals surface area contributed by atoms with Crippen molar-refractivity contribution in [3.8, 4) is 0 Å². The molecular weight excluding hydrogens is 393 g/mol. The molecule has 2 saturated heterocycles. The molecule has 0 saturated carbocycles. The molecule has 1 aromatic carbocycles. The summed E-state index contributed by atoms with van der Waals surface area (Å²) >= 11 is 0. The van der Waals surface area contributed by atoms with Crippen LogP contribution in [0.3, 0.4) is 0 Å². The molecule has 9 heteroatoms. The molecule has 7 nitrogen and oxygen atoms in total. The monoisotopic (exact) mass is 419 g/mol. The van der Waals surface area contributed by atoms with Gasteiger partial charge in [0.05, 0.1) is 5.75 Å². The molecule has 0 unspecified atom stereocenters. The smallest absolute Gasteiger partial charge is 0.218 e. The molecular formula is C20H26FN5O2S. The lowest BCUT2D eigenvalue weighted by atomic mass is 10.1. The van der Waals surface area contributed by atoms with Gasteiger partial charge >= 0.3 is 0 Å². The van der Waals surface area contributed by atoms with Crippen molar-refractivity contribution in [3.05, 3.63) is 48.0 Å². The highest BCUT2D eigenvalue weighted by Gasteiger charge is 2.28. The van der Waals surface area contributed by atoms with Gasteiger partial charge in [-0.1, -0.05) is 18.2 Å². The summed E-state index contributed by atoms with van der Waals surface area (Å²) in [4.78, 5) is 13.2. The molecule has 2 fully saturated rings. The minimum atomic E-state index is -3.56. The Hall–Kier alpha value is -2.26. The van der Waals surface area contributed by atoms with Gasteiger partial charge in [0.1, 0.15) is 23.8 Å². The predicted molar refractivity (Wildman–Crippen MR) is 111 cm³/mol. The van der Waals surface area contributed by atoms with Crippen LogP contribution in [0.15, 0.2) is 36.7 Å². The van der Waals surface area contributed by atoms with E-state index in [1.54, 1.807) is 18.5 Å². The number of aromatic nitrogens is 2. The highest BCUT2D eigenvalue weighted by Crippen LogP contribution is 2.23. The minimum absolute atomic E-state index is 0.205. The SMILES string of the molecule is O=S(=O)(Cc1ccccc1F)N1CCN(c2cc(N3CCCCC3)ncn2)CC1. The first-order chi connectivity index (χ1) is 14.0. The Balaban J connectivity index is 1.40. The Kier molecular flexibility index (Phi) is 5.96. The predicted octanol–water partition coefficient (Wildman–Crippen LogP) is 2.26. The lowest BCUT2D eigenvalue weighted by Crippen LogP contribution is -2.49. The largest absolute Gasteiger partial charge is 0.356 e. The fraction of sp³-hybridized carbons (Fsp3) is 0.500. The molecule has 156 valence electrons. The first-order valence-corrected chi connectivity index (χ1v) is 11.7. The van der Waals surface area contributed by atoms with Gasteiger partial charge in [0.15, 0.2) is 0 Å². The van der Waals surface area contributed by atoms with E-state index in [9.17, 15) is 12.8 Å². The maximum Gasteiger partial charge on any atom is 0.218 e. The summed E-state index contributed by atoms with van der Waals surface area (Å²) < 4.78 is 40.7. The Morgan fingerprint density at radius 2 is 1.48 bits per heavy atom. The fourth-order valence-corrected chi connectivity index (χ4v) is 5.43. The lowest BCUT2D eigenvalue weighted by Gasteiger charge is -2.35. The van der Waals surface area contributed by atoms with E-state index in [0.717, 1.165) is 24.7 Å². The van der Waals surface area contributed by atoms with Crippen LogP contribution in [-0.2, 0) is 15.8 Å². The highest BCUT2D eigenvalue weighted by molar-refractivity contribution is 7.88. The van der Waals surface area contributed by atoms with Crippen LogP contribution in [0.25, 0.3) is 0 Å². The van der Waals surface area contributed by atoms with Gasteiger partial charge in [0.2, 0.25) is 10.0 Å². The van der Waals surface area contributed by atoms with Crippen molar-refractivity contribution < 1.29 is 12.8 Å². The first-order valence-electron chi connectivity index (χ1n) is 10.1. The molecule has 0 radical (unpaired) electrons. The van der Waals surface area contributed by atoms with Crippen LogP contribution in [0.1, 0.15) is 24.8 Å². The normalized spacial score (nSPS) is 18.8. The molecule has 0 aliphatic carbocycles. The molecule has 4 rings (SSSR count). The summed E-state index contributed by atoms with van der Waals surface area (Å²) in [7, 11) is -3.56. The fourth-order valence-electron chi connectivity index (χ4n) is 3.90. The van der Waals surface area contributed by atoms with Crippen molar-refractivity contribution in [3.63, 3.8) is 0 Å². The summed E-state index contributed by atoms with van der Waals surface area (Å²) in [5.74, 6) is 0.962. The summed E-state index contributed by atoms with van der Waals surface area (Å²) in [5.41, 5.74) is 0.205. The quantitative estimate of drug-likeness (QED) is 0.741. The molecule has 0 N–H and O–H groups in total. The van der Waals surface area contributed by atoms with Crippen molar-refractivity contribution in [1.29, 1.82) is 0 Å². The van der Waals surface area contributed by atoms with E-state index in [0.29, 0.717) is 26.2 Å². The Morgan fingerprint density at radius 3 is 2.14 bits per heavy atom. The molecule has 2 aliphatic rings. The van der Waals surface area contributed by atoms with Crippen molar-refractivity contribution in [2.24, 2.45) is 0 Å². The summed E-state index contributed by atoms with van der Waals surface area (Å²) in [6, 6.07) is 8.02. The van der Waals surface area contributed by atoms with Gasteiger partial charge in [-0.3, -0.25) is 0 Å². The van der Waals surface area contributed by atoms with E-state index in [4.69, 9.17) is 0 Å². The van der Waals surface area contributed by atoms with Crippen LogP contribution in [-0.4, -0.2) is 62.0 Å². The van der Waals surface area contributed by atoms with E-state index in [1.165, 1.54) is 35.7 Å². The van der Waals surface area contributed by atoms with Crippen molar-refractivity contribution in [2.45, 2.75) is 25.0 Å². The molecule has 2 aromatic rings. The topological polar surface area (TPSA) is 69.6 Å². The molecule has 3 heterocycles. The maximum absolute atomic E-state index is 13.9. The summed E-state index contributed by atoms with van der Waals surface area (Å²) in [6.07, 6.45) is 5.20. The van der Waals surface area contributed by atoms with Gasteiger partial charge in [-0.05, 0) is 25.3 Å². The molecule has 29 heavy (non-hydrogen) atoms. The third-order valence-electron chi connectivity index (χ3n) is 5.57. The molecule has 0 atom stereocenters. The third-order valence-corrected chi connectivity index (χ3v) is 7.40. The van der Waals surface area contributed by atoms with E-state index >= 15 is 0 Å². The first kappa shape index (κ1) is 20.0. The van der Waals surface area contributed by atoms with Crippen LogP contribution in [0, 0.1) is 5.82 Å². The van der Waals surface area contributed by atoms with E-state index in [1.807, 2.05) is 6.07 Å². The lowest BCUT2D eigenvalue weighted by molar-refractivity contribution is 0.383. The van der Waals surface area contributed by atoms with Gasteiger partial charge in [-0.2, -0.15) is 4.31 Å². The molecule has 1 aromatic heterocycles. The number of anilines is 2. The number of benzene rings is 1. The van der Waals surface area contributed by atoms with E-state index in [2.05, 4.69) is 19.8 Å². The van der Waals surface area contributed by atoms with Crippen molar-refractivity contribution in [1.82, 2.24) is 14.3 Å². The molecule has 2 aliphatic heterocycles. The summed E-state index contributed by atoms with van der Waals surface area (Å²) in [6.45, 7) is 3.84. The number of halogens is 1. The highest BCUT2D eigenvalue weighted by atomic mass is 32.2. The zero-order chi connectivity index (χ0) is 20.3. The summed E-state index contributed by atoms with van der Waals surface area (Å²) in [5, 5.41) is 0. The third kappa shape index (κ3) is 4.67. The van der Waals surface area contributed by atoms with E-state index < -0.39 is 15.8 Å². The number of piperidine rings is 1. The van der Waals surface area contributed by atoms with Crippen LogP contribution < -0.4 is 9.80 Å². The van der Waals surface area contributed by atoms with Crippen molar-refractivity contribution >= 4 is 21.7 Å². The number of nitrogens with zero attached hydrogens (tertiary/aromatic N) is 5. The number of piperazine rings is 1. The van der Waals surface area contributed by atoms with Crippen LogP contribution in [0.4, 0.5) is 16.0 Å². The van der Waals surface area contributed by atoms with E-state index in [-0.39, 0.29) is 11.3 Å². The van der Waals surface area contributed by atoms with Gasteiger partial charge in [-0.15, -0.1) is 0 Å². The maximum atomic E-state index is 13.9. The standard InChI is InChI=1S/C20H26FN5O2S/c21-18-7-3-2-6-17(18)15-29(27,28)26-12-10-25(11-13-26)20-14-19(22-16-23-20)24-8-4-1-5-9-24/h2-3,6-7,14,16H,1,4-5,8-13,15H2. The number of rotatable bonds is 5. The Labute approximate surface area is 171 Å². The number of hydrogen-bond acceptors (Lipinski definition) is 6. The Morgan fingerprint density at radius 1 is 0.862 bits per heavy atom. The zero-order valence-electron chi connectivity index (χ0n) is 16.4. The van der Waals surface area contributed by atoms with Crippen LogP contribution >= 0.6 is 0 Å². The van der Waals surface area contributed by atoms with Crippen molar-refractivity contribution in [2.75, 3.05) is 49.1 Å². The molecule has 0 amide bonds.